The molecule has 0 aliphatic rings. The smallest absolute Gasteiger partial charge is 0.389 e. The Morgan fingerprint density at radius 2 is 2.06 bits per heavy atom. The zero-order valence-electron chi connectivity index (χ0n) is 9.29. The predicted octanol–water partition coefficient (Wildman–Crippen LogP) is 1.43. The summed E-state index contributed by atoms with van der Waals surface area (Å²) in [6, 6.07) is 8.81. The van der Waals surface area contributed by atoms with E-state index >= 15 is 0 Å². The van der Waals surface area contributed by atoms with E-state index in [0.29, 0.717) is 5.52 Å². The Balaban J connectivity index is 2.14. The molecular formula is C12H9N3O3. The van der Waals surface area contributed by atoms with Crippen LogP contribution in [-0.4, -0.2) is 22.2 Å². The third kappa shape index (κ3) is 2.67. The number of aromatic nitrogens is 2. The number of imide groups is 1. The fraction of sp³-hybridized carbons (Fsp3) is 0. The summed E-state index contributed by atoms with van der Waals surface area (Å²) in [5.74, 6) is -0.628. The van der Waals surface area contributed by atoms with Crippen molar-refractivity contribution in [2.45, 2.75) is 0 Å². The van der Waals surface area contributed by atoms with Gasteiger partial charge in [0.15, 0.2) is 0 Å². The summed E-state index contributed by atoms with van der Waals surface area (Å²) in [6.07, 6.45) is 0.0392. The van der Waals surface area contributed by atoms with Gasteiger partial charge in [0, 0.05) is 11.5 Å². The molecule has 0 aliphatic heterocycles. The molecular weight excluding hydrogens is 234 g/mol. The first kappa shape index (κ1) is 11.7. The van der Waals surface area contributed by atoms with Gasteiger partial charge in [-0.05, 0) is 12.1 Å². The first-order valence-electron chi connectivity index (χ1n) is 5.07. The van der Waals surface area contributed by atoms with E-state index in [1.54, 1.807) is 12.1 Å². The molecule has 1 aromatic carbocycles. The zero-order valence-corrected chi connectivity index (χ0v) is 9.29. The fourth-order valence-corrected chi connectivity index (χ4v) is 1.29. The van der Waals surface area contributed by atoms with Crippen LogP contribution in [0.4, 0.5) is 4.79 Å². The molecule has 0 atom stereocenters. The van der Waals surface area contributed by atoms with Crippen LogP contribution in [0, 0.1) is 0 Å². The van der Waals surface area contributed by atoms with Crippen LogP contribution in [0.3, 0.4) is 0 Å². The second-order valence-electron chi connectivity index (χ2n) is 3.32. The lowest BCUT2D eigenvalue weighted by Crippen LogP contribution is -2.31. The molecule has 1 N–H and O–H groups in total. The van der Waals surface area contributed by atoms with Crippen molar-refractivity contribution in [3.8, 4) is 5.88 Å². The monoisotopic (exact) mass is 243 g/mol. The number of hydrogen-bond donors (Lipinski definition) is 1. The number of nitrogens with one attached hydrogen (secondary N) is 1. The minimum atomic E-state index is -0.926. The van der Waals surface area contributed by atoms with E-state index in [-0.39, 0.29) is 5.88 Å². The van der Waals surface area contributed by atoms with E-state index < -0.39 is 12.0 Å². The summed E-state index contributed by atoms with van der Waals surface area (Å²) in [6.45, 7) is 3.21. The quantitative estimate of drug-likeness (QED) is 0.807. The lowest BCUT2D eigenvalue weighted by Gasteiger charge is -2.03. The number of rotatable bonds is 2. The van der Waals surface area contributed by atoms with Gasteiger partial charge in [0.2, 0.25) is 5.88 Å². The maximum absolute atomic E-state index is 11.2. The minimum absolute atomic E-state index is 0.0167. The number of carbonyl (C=O) groups is 2. The van der Waals surface area contributed by atoms with Crippen LogP contribution >= 0.6 is 0 Å². The molecule has 2 aromatic rings. The number of ether oxygens (including phenoxy) is 1. The van der Waals surface area contributed by atoms with E-state index in [0.717, 1.165) is 11.5 Å². The van der Waals surface area contributed by atoms with E-state index in [4.69, 9.17) is 4.74 Å². The second kappa shape index (κ2) is 5.05. The molecule has 0 bridgehead atoms. The standard InChI is InChI=1S/C12H9N3O3/c1-2-10(16)13-12(17)18-11-7-8-5-3-4-6-9(8)14-15-11/h2-7H,1H2,(H,13,16,17). The Bertz CT molecular complexity index is 625. The van der Waals surface area contributed by atoms with Crippen LogP contribution < -0.4 is 10.1 Å². The molecule has 0 spiro atoms. The molecule has 0 saturated carbocycles. The molecule has 0 unspecified atom stereocenters. The molecule has 90 valence electrons. The summed E-state index contributed by atoms with van der Waals surface area (Å²) in [5, 5.41) is 10.3. The maximum atomic E-state index is 11.2. The van der Waals surface area contributed by atoms with Gasteiger partial charge in [0.05, 0.1) is 5.52 Å². The molecule has 6 heteroatoms. The highest BCUT2D eigenvalue weighted by Crippen LogP contribution is 2.14. The molecule has 0 radical (unpaired) electrons. The van der Waals surface area contributed by atoms with Crippen LogP contribution in [0.25, 0.3) is 10.9 Å². The van der Waals surface area contributed by atoms with Gasteiger partial charge in [-0.25, -0.2) is 4.79 Å². The van der Waals surface area contributed by atoms with Gasteiger partial charge in [-0.1, -0.05) is 24.8 Å². The molecule has 1 aromatic heterocycles. The number of hydrogen-bond acceptors (Lipinski definition) is 5. The summed E-state index contributed by atoms with van der Waals surface area (Å²) in [5.41, 5.74) is 0.687. The van der Waals surface area contributed by atoms with Crippen molar-refractivity contribution in [3.63, 3.8) is 0 Å². The highest BCUT2D eigenvalue weighted by Gasteiger charge is 2.09. The first-order valence-corrected chi connectivity index (χ1v) is 5.07. The van der Waals surface area contributed by atoms with Crippen LogP contribution in [0.2, 0.25) is 0 Å². The molecule has 18 heavy (non-hydrogen) atoms. The second-order valence-corrected chi connectivity index (χ2v) is 3.32. The number of carbonyl (C=O) groups excluding carboxylic acids is 2. The van der Waals surface area contributed by atoms with Gasteiger partial charge >= 0.3 is 6.09 Å². The number of amides is 2. The van der Waals surface area contributed by atoms with Crippen molar-refractivity contribution in [1.82, 2.24) is 15.5 Å². The summed E-state index contributed by atoms with van der Waals surface area (Å²) >= 11 is 0. The summed E-state index contributed by atoms with van der Waals surface area (Å²) < 4.78 is 4.80. The molecule has 2 amide bonds. The van der Waals surface area contributed by atoms with Crippen molar-refractivity contribution >= 4 is 22.9 Å². The maximum Gasteiger partial charge on any atom is 0.420 e. The average Bonchev–Trinajstić information content (AvgIpc) is 2.38. The molecule has 1 heterocycles. The SMILES string of the molecule is C=CC(=O)NC(=O)Oc1cc2ccccc2nn1. The van der Waals surface area contributed by atoms with Crippen molar-refractivity contribution in [3.05, 3.63) is 43.0 Å². The Morgan fingerprint density at radius 1 is 1.28 bits per heavy atom. The van der Waals surface area contributed by atoms with Gasteiger partial charge in [-0.3, -0.25) is 10.1 Å². The summed E-state index contributed by atoms with van der Waals surface area (Å²) in [7, 11) is 0. The van der Waals surface area contributed by atoms with Gasteiger partial charge in [0.25, 0.3) is 5.91 Å². The van der Waals surface area contributed by atoms with Crippen molar-refractivity contribution < 1.29 is 14.3 Å². The molecule has 0 fully saturated rings. The molecule has 2 rings (SSSR count). The first-order chi connectivity index (χ1) is 8.69. The van der Waals surface area contributed by atoms with Crippen LogP contribution in [0.15, 0.2) is 43.0 Å². The lowest BCUT2D eigenvalue weighted by molar-refractivity contribution is -0.115. The fourth-order valence-electron chi connectivity index (χ4n) is 1.29. The van der Waals surface area contributed by atoms with E-state index in [1.165, 1.54) is 0 Å². The van der Waals surface area contributed by atoms with Crippen LogP contribution in [0.1, 0.15) is 0 Å². The largest absolute Gasteiger partial charge is 0.420 e. The third-order valence-electron chi connectivity index (χ3n) is 2.08. The van der Waals surface area contributed by atoms with Crippen LogP contribution in [0.5, 0.6) is 5.88 Å². The van der Waals surface area contributed by atoms with Crippen molar-refractivity contribution in [2.75, 3.05) is 0 Å². The Morgan fingerprint density at radius 3 is 2.83 bits per heavy atom. The number of benzene rings is 1. The lowest BCUT2D eigenvalue weighted by atomic mass is 10.2. The zero-order chi connectivity index (χ0) is 13.0. The van der Waals surface area contributed by atoms with Gasteiger partial charge in [0.1, 0.15) is 0 Å². The number of nitrogens with zero attached hydrogens (tertiary/aromatic N) is 2. The molecule has 0 saturated heterocycles. The normalized spacial score (nSPS) is 9.78. The average molecular weight is 243 g/mol. The van der Waals surface area contributed by atoms with Gasteiger partial charge < -0.3 is 4.74 Å². The Kier molecular flexibility index (Phi) is 3.29. The Hall–Kier alpha value is -2.76. The van der Waals surface area contributed by atoms with Gasteiger partial charge in [-0.2, -0.15) is 0 Å². The van der Waals surface area contributed by atoms with Crippen molar-refractivity contribution in [1.29, 1.82) is 0 Å². The third-order valence-corrected chi connectivity index (χ3v) is 2.08. The highest BCUT2D eigenvalue weighted by atomic mass is 16.6. The minimum Gasteiger partial charge on any atom is -0.389 e. The molecule has 0 aliphatic carbocycles. The van der Waals surface area contributed by atoms with Gasteiger partial charge in [-0.15, -0.1) is 10.2 Å². The van der Waals surface area contributed by atoms with Crippen molar-refractivity contribution in [2.24, 2.45) is 0 Å². The van der Waals surface area contributed by atoms with E-state index in [1.807, 2.05) is 23.5 Å². The topological polar surface area (TPSA) is 81.2 Å². The van der Waals surface area contributed by atoms with E-state index in [2.05, 4.69) is 16.8 Å². The van der Waals surface area contributed by atoms with E-state index in [9.17, 15) is 9.59 Å². The Labute approximate surface area is 102 Å². The predicted molar refractivity (Wildman–Crippen MR) is 63.9 cm³/mol. The van der Waals surface area contributed by atoms with Crippen LogP contribution in [-0.2, 0) is 4.79 Å². The number of fused-ring (bicyclic) bond motifs is 1. The molecule has 6 nitrogen and oxygen atoms in total. The summed E-state index contributed by atoms with van der Waals surface area (Å²) in [4.78, 5) is 22.1. The highest BCUT2D eigenvalue weighted by molar-refractivity contribution is 5.98.